The molecule has 1 saturated heterocycles. The lowest BCUT2D eigenvalue weighted by Gasteiger charge is -2.21. The van der Waals surface area contributed by atoms with Crippen molar-refractivity contribution in [2.75, 3.05) is 19.6 Å². The Bertz CT molecular complexity index is 393. The van der Waals surface area contributed by atoms with Gasteiger partial charge < -0.3 is 15.2 Å². The van der Waals surface area contributed by atoms with E-state index in [4.69, 9.17) is 0 Å². The van der Waals surface area contributed by atoms with Crippen LogP contribution in [0.4, 0.5) is 0 Å². The van der Waals surface area contributed by atoms with E-state index < -0.39 is 0 Å². The monoisotopic (exact) mass is 236 g/mol. The first-order chi connectivity index (χ1) is 8.12. The van der Waals surface area contributed by atoms with E-state index in [0.29, 0.717) is 6.54 Å². The van der Waals surface area contributed by atoms with Crippen molar-refractivity contribution in [3.05, 3.63) is 18.2 Å². The molecule has 17 heavy (non-hydrogen) atoms. The number of imidazole rings is 1. The second-order valence-corrected chi connectivity index (χ2v) is 4.91. The molecule has 1 aromatic heterocycles. The van der Waals surface area contributed by atoms with Gasteiger partial charge in [-0.2, -0.15) is 0 Å². The van der Waals surface area contributed by atoms with Crippen LogP contribution in [0.1, 0.15) is 19.2 Å². The fraction of sp³-hybridized carbons (Fsp3) is 0.667. The molecule has 0 radical (unpaired) electrons. The van der Waals surface area contributed by atoms with Gasteiger partial charge in [-0.1, -0.05) is 0 Å². The lowest BCUT2D eigenvalue weighted by atomic mass is 9.89. The second-order valence-electron chi connectivity index (χ2n) is 4.91. The minimum atomic E-state index is -0.232. The van der Waals surface area contributed by atoms with Crippen LogP contribution in [-0.2, 0) is 11.3 Å². The van der Waals surface area contributed by atoms with Crippen LogP contribution < -0.4 is 10.6 Å². The Morgan fingerprint density at radius 1 is 1.71 bits per heavy atom. The number of hydrogen-bond donors (Lipinski definition) is 2. The molecule has 1 atom stereocenters. The first kappa shape index (κ1) is 12.1. The standard InChI is InChI=1S/C12H20N4O/c1-10-14-5-7-16(10)8-6-15-11(17)12(2)3-4-13-9-12/h5,7,13H,3-4,6,8-9H2,1-2H3,(H,15,17). The molecule has 1 aromatic rings. The van der Waals surface area contributed by atoms with Gasteiger partial charge in [-0.3, -0.25) is 4.79 Å². The summed E-state index contributed by atoms with van der Waals surface area (Å²) in [6, 6.07) is 0. The third-order valence-corrected chi connectivity index (χ3v) is 3.48. The molecule has 0 aromatic carbocycles. The number of nitrogens with one attached hydrogen (secondary N) is 2. The largest absolute Gasteiger partial charge is 0.354 e. The maximum Gasteiger partial charge on any atom is 0.227 e. The fourth-order valence-electron chi connectivity index (χ4n) is 2.15. The van der Waals surface area contributed by atoms with Crippen LogP contribution in [0.5, 0.6) is 0 Å². The van der Waals surface area contributed by atoms with Gasteiger partial charge in [0.1, 0.15) is 5.82 Å². The molecule has 0 saturated carbocycles. The van der Waals surface area contributed by atoms with E-state index in [1.807, 2.05) is 24.6 Å². The highest BCUT2D eigenvalue weighted by Crippen LogP contribution is 2.24. The summed E-state index contributed by atoms with van der Waals surface area (Å²) in [4.78, 5) is 16.2. The predicted octanol–water partition coefficient (Wildman–Crippen LogP) is 0.307. The third kappa shape index (κ3) is 2.66. The number of aromatic nitrogens is 2. The molecule has 1 aliphatic rings. The van der Waals surface area contributed by atoms with E-state index in [-0.39, 0.29) is 11.3 Å². The molecular weight excluding hydrogens is 216 g/mol. The highest BCUT2D eigenvalue weighted by molar-refractivity contribution is 5.82. The minimum absolute atomic E-state index is 0.153. The predicted molar refractivity (Wildman–Crippen MR) is 65.6 cm³/mol. The molecule has 1 amide bonds. The quantitative estimate of drug-likeness (QED) is 0.791. The summed E-state index contributed by atoms with van der Waals surface area (Å²) in [5.74, 6) is 1.13. The van der Waals surface area contributed by atoms with Gasteiger partial charge in [0.25, 0.3) is 0 Å². The molecule has 5 nitrogen and oxygen atoms in total. The van der Waals surface area contributed by atoms with Crippen LogP contribution in [0.2, 0.25) is 0 Å². The topological polar surface area (TPSA) is 59.0 Å². The van der Waals surface area contributed by atoms with Crippen LogP contribution in [0.25, 0.3) is 0 Å². The number of hydrogen-bond acceptors (Lipinski definition) is 3. The Morgan fingerprint density at radius 3 is 3.12 bits per heavy atom. The summed E-state index contributed by atoms with van der Waals surface area (Å²) in [5, 5.41) is 6.23. The molecule has 2 rings (SSSR count). The summed E-state index contributed by atoms with van der Waals surface area (Å²) in [7, 11) is 0. The van der Waals surface area contributed by atoms with Gasteiger partial charge in [0.15, 0.2) is 0 Å². The average Bonchev–Trinajstić information content (AvgIpc) is 2.89. The fourth-order valence-corrected chi connectivity index (χ4v) is 2.15. The Labute approximate surface area is 102 Å². The molecule has 2 N–H and O–H groups in total. The molecule has 1 fully saturated rings. The Hall–Kier alpha value is -1.36. The zero-order valence-electron chi connectivity index (χ0n) is 10.5. The van der Waals surface area contributed by atoms with Crippen LogP contribution in [0.15, 0.2) is 12.4 Å². The highest BCUT2D eigenvalue weighted by atomic mass is 16.2. The van der Waals surface area contributed by atoms with Crippen molar-refractivity contribution in [3.63, 3.8) is 0 Å². The van der Waals surface area contributed by atoms with Gasteiger partial charge in [-0.15, -0.1) is 0 Å². The van der Waals surface area contributed by atoms with Gasteiger partial charge in [-0.05, 0) is 26.8 Å². The van der Waals surface area contributed by atoms with Gasteiger partial charge in [0, 0.05) is 32.0 Å². The zero-order chi connectivity index (χ0) is 12.3. The number of carbonyl (C=O) groups excluding carboxylic acids is 1. The third-order valence-electron chi connectivity index (χ3n) is 3.48. The molecule has 0 spiro atoms. The van der Waals surface area contributed by atoms with E-state index in [0.717, 1.165) is 31.9 Å². The summed E-state index contributed by atoms with van der Waals surface area (Å²) in [5.41, 5.74) is -0.232. The van der Waals surface area contributed by atoms with E-state index in [9.17, 15) is 4.79 Å². The van der Waals surface area contributed by atoms with Gasteiger partial charge in [0.2, 0.25) is 5.91 Å². The maximum absolute atomic E-state index is 12.0. The molecular formula is C12H20N4O. The van der Waals surface area contributed by atoms with Crippen molar-refractivity contribution < 1.29 is 4.79 Å². The SMILES string of the molecule is Cc1nccn1CCNC(=O)C1(C)CCNC1. The average molecular weight is 236 g/mol. The van der Waals surface area contributed by atoms with Crippen LogP contribution in [0.3, 0.4) is 0 Å². The second kappa shape index (κ2) is 4.87. The smallest absolute Gasteiger partial charge is 0.227 e. The van der Waals surface area contributed by atoms with Gasteiger partial charge in [0.05, 0.1) is 5.41 Å². The lowest BCUT2D eigenvalue weighted by Crippen LogP contribution is -2.41. The Morgan fingerprint density at radius 2 is 2.53 bits per heavy atom. The summed E-state index contributed by atoms with van der Waals surface area (Å²) in [6.45, 7) is 7.13. The molecule has 1 aliphatic heterocycles. The van der Waals surface area contributed by atoms with Crippen molar-refractivity contribution >= 4 is 5.91 Å². The molecule has 5 heteroatoms. The normalized spacial score (nSPS) is 23.9. The summed E-state index contributed by atoms with van der Waals surface area (Å²) in [6.07, 6.45) is 4.63. The molecule has 2 heterocycles. The van der Waals surface area contributed by atoms with Crippen molar-refractivity contribution in [1.82, 2.24) is 20.2 Å². The van der Waals surface area contributed by atoms with Crippen LogP contribution in [0, 0.1) is 12.3 Å². The number of aryl methyl sites for hydroxylation is 1. The summed E-state index contributed by atoms with van der Waals surface area (Å²) >= 11 is 0. The number of nitrogens with zero attached hydrogens (tertiary/aromatic N) is 2. The Kier molecular flexibility index (Phi) is 3.47. The van der Waals surface area contributed by atoms with Crippen LogP contribution >= 0.6 is 0 Å². The van der Waals surface area contributed by atoms with E-state index in [2.05, 4.69) is 15.6 Å². The lowest BCUT2D eigenvalue weighted by molar-refractivity contribution is -0.129. The van der Waals surface area contributed by atoms with Crippen LogP contribution in [-0.4, -0.2) is 35.1 Å². The minimum Gasteiger partial charge on any atom is -0.354 e. The van der Waals surface area contributed by atoms with Crippen molar-refractivity contribution in [3.8, 4) is 0 Å². The number of carbonyl (C=O) groups is 1. The molecule has 94 valence electrons. The Balaban J connectivity index is 1.79. The number of rotatable bonds is 4. The molecule has 0 aliphatic carbocycles. The van der Waals surface area contributed by atoms with Gasteiger partial charge in [-0.25, -0.2) is 4.98 Å². The van der Waals surface area contributed by atoms with Crippen molar-refractivity contribution in [2.24, 2.45) is 5.41 Å². The first-order valence-electron chi connectivity index (χ1n) is 6.09. The van der Waals surface area contributed by atoms with E-state index in [1.54, 1.807) is 6.20 Å². The first-order valence-corrected chi connectivity index (χ1v) is 6.09. The van der Waals surface area contributed by atoms with Crippen molar-refractivity contribution in [1.29, 1.82) is 0 Å². The van der Waals surface area contributed by atoms with Crippen molar-refractivity contribution in [2.45, 2.75) is 26.8 Å². The zero-order valence-corrected chi connectivity index (χ0v) is 10.5. The summed E-state index contributed by atoms with van der Waals surface area (Å²) < 4.78 is 2.04. The van der Waals surface area contributed by atoms with E-state index in [1.165, 1.54) is 0 Å². The number of amides is 1. The molecule has 0 bridgehead atoms. The highest BCUT2D eigenvalue weighted by Gasteiger charge is 2.35. The molecule has 1 unspecified atom stereocenters. The van der Waals surface area contributed by atoms with E-state index >= 15 is 0 Å². The maximum atomic E-state index is 12.0. The van der Waals surface area contributed by atoms with Gasteiger partial charge >= 0.3 is 0 Å².